The van der Waals surface area contributed by atoms with Crippen LogP contribution in [-0.4, -0.2) is 13.1 Å². The van der Waals surface area contributed by atoms with Gasteiger partial charge in [0, 0.05) is 23.1 Å². The highest BCUT2D eigenvalue weighted by Crippen LogP contribution is 2.49. The van der Waals surface area contributed by atoms with Crippen molar-refractivity contribution in [1.82, 2.24) is 5.32 Å². The molecule has 3 nitrogen and oxygen atoms in total. The van der Waals surface area contributed by atoms with E-state index in [1.807, 2.05) is 37.3 Å². The van der Waals surface area contributed by atoms with E-state index in [1.54, 1.807) is 0 Å². The van der Waals surface area contributed by atoms with Crippen LogP contribution in [0.5, 0.6) is 11.5 Å². The highest BCUT2D eigenvalue weighted by atomic mass is 35.5. The summed E-state index contributed by atoms with van der Waals surface area (Å²) < 4.78 is 12.5. The van der Waals surface area contributed by atoms with Crippen LogP contribution in [0.4, 0.5) is 0 Å². The van der Waals surface area contributed by atoms with E-state index in [1.165, 1.54) is 5.56 Å². The molecule has 1 unspecified atom stereocenters. The third kappa shape index (κ3) is 2.68. The van der Waals surface area contributed by atoms with Crippen molar-refractivity contribution in [2.24, 2.45) is 0 Å². The molecule has 0 amide bonds. The molecule has 0 radical (unpaired) electrons. The van der Waals surface area contributed by atoms with Gasteiger partial charge < -0.3 is 14.8 Å². The van der Waals surface area contributed by atoms with Crippen molar-refractivity contribution in [2.45, 2.75) is 31.5 Å². The van der Waals surface area contributed by atoms with Crippen molar-refractivity contribution in [2.75, 3.05) is 13.1 Å². The van der Waals surface area contributed by atoms with Crippen LogP contribution in [-0.2, 0) is 5.79 Å². The van der Waals surface area contributed by atoms with Crippen LogP contribution in [0.25, 0.3) is 0 Å². The monoisotopic (exact) mass is 329 g/mol. The Morgan fingerprint density at radius 2 is 1.78 bits per heavy atom. The molecule has 1 atom stereocenters. The minimum absolute atomic E-state index is 0.530. The van der Waals surface area contributed by atoms with Gasteiger partial charge in [0.25, 0.3) is 5.79 Å². The Labute approximate surface area is 141 Å². The lowest BCUT2D eigenvalue weighted by Gasteiger charge is -2.26. The van der Waals surface area contributed by atoms with Crippen LogP contribution in [0.2, 0.25) is 5.02 Å². The van der Waals surface area contributed by atoms with Crippen LogP contribution >= 0.6 is 11.6 Å². The Morgan fingerprint density at radius 1 is 1.04 bits per heavy atom. The van der Waals surface area contributed by atoms with Crippen molar-refractivity contribution in [3.8, 4) is 11.5 Å². The maximum atomic E-state index is 6.32. The molecule has 1 N–H and O–H groups in total. The summed E-state index contributed by atoms with van der Waals surface area (Å²) in [6.45, 7) is 4.08. The number of rotatable bonds is 2. The molecule has 2 heterocycles. The van der Waals surface area contributed by atoms with Gasteiger partial charge in [0.15, 0.2) is 11.5 Å². The molecule has 0 saturated carbocycles. The summed E-state index contributed by atoms with van der Waals surface area (Å²) in [4.78, 5) is 0. The van der Waals surface area contributed by atoms with Crippen molar-refractivity contribution in [3.63, 3.8) is 0 Å². The van der Waals surface area contributed by atoms with Crippen LogP contribution < -0.4 is 14.8 Å². The Hall–Kier alpha value is -1.71. The van der Waals surface area contributed by atoms with Gasteiger partial charge in [-0.25, -0.2) is 0 Å². The molecule has 2 aromatic carbocycles. The largest absolute Gasteiger partial charge is 0.445 e. The van der Waals surface area contributed by atoms with Gasteiger partial charge in [-0.3, -0.25) is 0 Å². The summed E-state index contributed by atoms with van der Waals surface area (Å²) in [5, 5.41) is 4.13. The highest BCUT2D eigenvalue weighted by Gasteiger charge is 2.40. The summed E-state index contributed by atoms with van der Waals surface area (Å²) >= 11 is 5.99. The number of hydrogen-bond donors (Lipinski definition) is 1. The quantitative estimate of drug-likeness (QED) is 0.883. The number of nitrogens with one attached hydrogen (secondary N) is 1. The van der Waals surface area contributed by atoms with E-state index in [0.717, 1.165) is 43.0 Å². The number of piperidine rings is 1. The van der Waals surface area contributed by atoms with E-state index in [9.17, 15) is 0 Å². The molecular weight excluding hydrogens is 310 g/mol. The van der Waals surface area contributed by atoms with Gasteiger partial charge in [0.2, 0.25) is 0 Å². The fraction of sp³-hybridized carbons (Fsp3) is 0.368. The molecule has 0 aromatic heterocycles. The van der Waals surface area contributed by atoms with E-state index in [0.29, 0.717) is 10.9 Å². The SMILES string of the molecule is CC1(c2ccc(Cl)cc2)Oc2cccc(C3CCNCC3)c2O1. The Balaban J connectivity index is 1.67. The van der Waals surface area contributed by atoms with Crippen molar-refractivity contribution < 1.29 is 9.47 Å². The molecule has 2 aliphatic rings. The summed E-state index contributed by atoms with van der Waals surface area (Å²) in [5.41, 5.74) is 2.23. The molecule has 1 saturated heterocycles. The average Bonchev–Trinajstić information content (AvgIpc) is 2.93. The van der Waals surface area contributed by atoms with Crippen LogP contribution in [0.15, 0.2) is 42.5 Å². The smallest absolute Gasteiger partial charge is 0.275 e. The lowest BCUT2D eigenvalue weighted by Crippen LogP contribution is -2.31. The molecule has 0 spiro atoms. The Bertz CT molecular complexity index is 710. The summed E-state index contributed by atoms with van der Waals surface area (Å²) in [7, 11) is 0. The number of para-hydroxylation sites is 1. The molecule has 2 aliphatic heterocycles. The minimum Gasteiger partial charge on any atom is -0.445 e. The van der Waals surface area contributed by atoms with Crippen LogP contribution in [0.3, 0.4) is 0 Å². The summed E-state index contributed by atoms with van der Waals surface area (Å²) in [6.07, 6.45) is 2.27. The first-order valence-electron chi connectivity index (χ1n) is 8.13. The predicted octanol–water partition coefficient (Wildman–Crippen LogP) is 4.45. The summed E-state index contributed by atoms with van der Waals surface area (Å²) in [5.74, 6) is 1.47. The first-order valence-corrected chi connectivity index (χ1v) is 8.51. The molecule has 23 heavy (non-hydrogen) atoms. The van der Waals surface area contributed by atoms with Crippen molar-refractivity contribution >= 4 is 11.6 Å². The fourth-order valence-electron chi connectivity index (χ4n) is 3.47. The van der Waals surface area contributed by atoms with Gasteiger partial charge in [0.1, 0.15) is 0 Å². The lowest BCUT2D eigenvalue weighted by atomic mass is 9.89. The second-order valence-corrected chi connectivity index (χ2v) is 6.79. The zero-order chi connectivity index (χ0) is 15.9. The van der Waals surface area contributed by atoms with E-state index in [-0.39, 0.29) is 0 Å². The zero-order valence-electron chi connectivity index (χ0n) is 13.1. The fourth-order valence-corrected chi connectivity index (χ4v) is 3.60. The average molecular weight is 330 g/mol. The first-order chi connectivity index (χ1) is 11.2. The Kier molecular flexibility index (Phi) is 3.70. The van der Waals surface area contributed by atoms with E-state index >= 15 is 0 Å². The number of benzene rings is 2. The van der Waals surface area contributed by atoms with Crippen LogP contribution in [0.1, 0.15) is 36.8 Å². The second kappa shape index (κ2) is 5.73. The third-order valence-corrected chi connectivity index (χ3v) is 5.01. The van der Waals surface area contributed by atoms with Crippen LogP contribution in [0, 0.1) is 0 Å². The number of halogens is 1. The normalized spacial score (nSPS) is 23.9. The number of ether oxygens (including phenoxy) is 2. The van der Waals surface area contributed by atoms with E-state index in [2.05, 4.69) is 17.4 Å². The zero-order valence-corrected chi connectivity index (χ0v) is 13.9. The Morgan fingerprint density at radius 3 is 2.52 bits per heavy atom. The van der Waals surface area contributed by atoms with E-state index in [4.69, 9.17) is 21.1 Å². The standard InChI is InChI=1S/C19H20ClNO2/c1-19(14-5-7-15(20)8-6-14)22-17-4-2-3-16(18(17)23-19)13-9-11-21-12-10-13/h2-8,13,21H,9-12H2,1H3. The second-order valence-electron chi connectivity index (χ2n) is 6.36. The molecule has 120 valence electrons. The van der Waals surface area contributed by atoms with Gasteiger partial charge >= 0.3 is 0 Å². The molecule has 1 fully saturated rings. The van der Waals surface area contributed by atoms with Gasteiger partial charge in [-0.1, -0.05) is 23.7 Å². The van der Waals surface area contributed by atoms with Gasteiger partial charge in [0.05, 0.1) is 0 Å². The summed E-state index contributed by atoms with van der Waals surface area (Å²) in [6, 6.07) is 13.9. The first kappa shape index (κ1) is 14.9. The van der Waals surface area contributed by atoms with E-state index < -0.39 is 5.79 Å². The van der Waals surface area contributed by atoms with Gasteiger partial charge in [-0.2, -0.15) is 0 Å². The highest BCUT2D eigenvalue weighted by molar-refractivity contribution is 6.30. The lowest BCUT2D eigenvalue weighted by molar-refractivity contribution is -0.0684. The molecule has 0 aliphatic carbocycles. The number of fused-ring (bicyclic) bond motifs is 1. The van der Waals surface area contributed by atoms with Gasteiger partial charge in [-0.15, -0.1) is 0 Å². The minimum atomic E-state index is -0.796. The topological polar surface area (TPSA) is 30.5 Å². The van der Waals surface area contributed by atoms with Crippen molar-refractivity contribution in [3.05, 3.63) is 58.6 Å². The molecule has 4 rings (SSSR count). The maximum absolute atomic E-state index is 6.32. The molecule has 0 bridgehead atoms. The predicted molar refractivity (Wildman–Crippen MR) is 91.3 cm³/mol. The molecular formula is C19H20ClNO2. The maximum Gasteiger partial charge on any atom is 0.275 e. The number of hydrogen-bond acceptors (Lipinski definition) is 3. The molecule has 4 heteroatoms. The van der Waals surface area contributed by atoms with Crippen molar-refractivity contribution in [1.29, 1.82) is 0 Å². The molecule has 2 aromatic rings. The third-order valence-electron chi connectivity index (χ3n) is 4.76. The van der Waals surface area contributed by atoms with Gasteiger partial charge in [-0.05, 0) is 62.2 Å².